The minimum atomic E-state index is -1.01. The van der Waals surface area contributed by atoms with Crippen molar-refractivity contribution in [3.63, 3.8) is 0 Å². The van der Waals surface area contributed by atoms with Crippen LogP contribution in [0.3, 0.4) is 0 Å². The molecule has 2 aromatic rings. The van der Waals surface area contributed by atoms with Crippen molar-refractivity contribution in [2.45, 2.75) is 18.9 Å². The summed E-state index contributed by atoms with van der Waals surface area (Å²) in [7, 11) is 2.60. The van der Waals surface area contributed by atoms with Gasteiger partial charge >= 0.3 is 5.97 Å². The lowest BCUT2D eigenvalue weighted by Crippen LogP contribution is -2.15. The predicted octanol–water partition coefficient (Wildman–Crippen LogP) is 2.33. The van der Waals surface area contributed by atoms with E-state index < -0.39 is 28.9 Å². The van der Waals surface area contributed by atoms with Crippen LogP contribution in [0.5, 0.6) is 5.75 Å². The summed E-state index contributed by atoms with van der Waals surface area (Å²) in [5.74, 6) is -2.96. The SMILES string of the molecule is COCc1cc(=O)c(O)c(C(CC(=O)OC)c2ccccc2F)o1. The standard InChI is InChI=1S/C17H17FO6/c1-22-9-10-7-14(19)16(21)17(24-10)12(8-15(20)23-2)11-5-3-4-6-13(11)18/h3-7,12,21H,8-9H2,1-2H3. The van der Waals surface area contributed by atoms with E-state index in [2.05, 4.69) is 4.74 Å². The molecule has 0 saturated heterocycles. The van der Waals surface area contributed by atoms with E-state index in [9.17, 15) is 19.1 Å². The second-order valence-corrected chi connectivity index (χ2v) is 5.08. The largest absolute Gasteiger partial charge is 0.502 e. The lowest BCUT2D eigenvalue weighted by atomic mass is 9.91. The van der Waals surface area contributed by atoms with Crippen molar-refractivity contribution in [3.8, 4) is 5.75 Å². The van der Waals surface area contributed by atoms with Gasteiger partial charge in [0.05, 0.1) is 19.4 Å². The molecule has 24 heavy (non-hydrogen) atoms. The molecule has 1 heterocycles. The molecular formula is C17H17FO6. The van der Waals surface area contributed by atoms with E-state index in [-0.39, 0.29) is 30.1 Å². The van der Waals surface area contributed by atoms with Crippen molar-refractivity contribution in [1.82, 2.24) is 0 Å². The molecule has 2 rings (SSSR count). The fraction of sp³-hybridized carbons (Fsp3) is 0.294. The Morgan fingerprint density at radius 1 is 1.33 bits per heavy atom. The zero-order valence-electron chi connectivity index (χ0n) is 13.2. The van der Waals surface area contributed by atoms with Crippen molar-refractivity contribution in [1.29, 1.82) is 0 Å². The van der Waals surface area contributed by atoms with Crippen LogP contribution in [-0.4, -0.2) is 25.3 Å². The Kier molecular flexibility index (Phi) is 5.70. The van der Waals surface area contributed by atoms with Crippen LogP contribution >= 0.6 is 0 Å². The number of halogens is 1. The molecule has 1 N–H and O–H groups in total. The number of methoxy groups -OCH3 is 2. The number of esters is 1. The van der Waals surface area contributed by atoms with Gasteiger partial charge in [0, 0.05) is 13.2 Å². The van der Waals surface area contributed by atoms with E-state index in [0.29, 0.717) is 0 Å². The third kappa shape index (κ3) is 3.80. The summed E-state index contributed by atoms with van der Waals surface area (Å²) in [5.41, 5.74) is -0.592. The fourth-order valence-corrected chi connectivity index (χ4v) is 2.36. The molecule has 0 saturated carbocycles. The number of ether oxygens (including phenoxy) is 2. The molecule has 0 aliphatic carbocycles. The highest BCUT2D eigenvalue weighted by Gasteiger charge is 2.28. The van der Waals surface area contributed by atoms with Gasteiger partial charge in [0.2, 0.25) is 11.2 Å². The number of carbonyl (C=O) groups excluding carboxylic acids is 1. The first-order chi connectivity index (χ1) is 11.5. The van der Waals surface area contributed by atoms with Crippen LogP contribution in [0.1, 0.15) is 29.4 Å². The summed E-state index contributed by atoms with van der Waals surface area (Å²) in [5, 5.41) is 10.1. The molecule has 1 atom stereocenters. The highest BCUT2D eigenvalue weighted by molar-refractivity contribution is 5.71. The third-order valence-electron chi connectivity index (χ3n) is 3.48. The molecule has 0 bridgehead atoms. The van der Waals surface area contributed by atoms with E-state index in [1.165, 1.54) is 32.4 Å². The molecule has 128 valence electrons. The summed E-state index contributed by atoms with van der Waals surface area (Å²) in [6, 6.07) is 6.82. The smallest absolute Gasteiger partial charge is 0.306 e. The van der Waals surface area contributed by atoms with Crippen molar-refractivity contribution < 1.29 is 28.2 Å². The molecule has 1 aromatic carbocycles. The Morgan fingerprint density at radius 3 is 2.67 bits per heavy atom. The average molecular weight is 336 g/mol. The van der Waals surface area contributed by atoms with E-state index in [1.54, 1.807) is 6.07 Å². The van der Waals surface area contributed by atoms with Gasteiger partial charge in [0.25, 0.3) is 0 Å². The number of hydrogen-bond donors (Lipinski definition) is 1. The fourth-order valence-electron chi connectivity index (χ4n) is 2.36. The monoisotopic (exact) mass is 336 g/mol. The minimum absolute atomic E-state index is 0.00919. The minimum Gasteiger partial charge on any atom is -0.502 e. The van der Waals surface area contributed by atoms with Crippen LogP contribution in [-0.2, 0) is 20.9 Å². The summed E-state index contributed by atoms with van der Waals surface area (Å²) < 4.78 is 29.2. The molecule has 1 aromatic heterocycles. The second kappa shape index (κ2) is 7.74. The number of benzene rings is 1. The van der Waals surface area contributed by atoms with Gasteiger partial charge in [-0.05, 0) is 11.6 Å². The lowest BCUT2D eigenvalue weighted by Gasteiger charge is -2.18. The maximum absolute atomic E-state index is 14.2. The normalized spacial score (nSPS) is 12.0. The molecular weight excluding hydrogens is 319 g/mol. The van der Waals surface area contributed by atoms with Crippen molar-refractivity contribution in [2.24, 2.45) is 0 Å². The van der Waals surface area contributed by atoms with E-state index in [0.717, 1.165) is 6.07 Å². The molecule has 6 nitrogen and oxygen atoms in total. The topological polar surface area (TPSA) is 86.0 Å². The van der Waals surface area contributed by atoms with E-state index in [4.69, 9.17) is 9.15 Å². The zero-order valence-corrected chi connectivity index (χ0v) is 13.2. The van der Waals surface area contributed by atoms with Gasteiger partial charge in [0.15, 0.2) is 5.76 Å². The molecule has 7 heteroatoms. The maximum Gasteiger partial charge on any atom is 0.306 e. The summed E-state index contributed by atoms with van der Waals surface area (Å²) in [6.45, 7) is -0.00919. The number of rotatable bonds is 6. The Morgan fingerprint density at radius 2 is 2.04 bits per heavy atom. The van der Waals surface area contributed by atoms with Gasteiger partial charge < -0.3 is 19.0 Å². The molecule has 0 aliphatic heterocycles. The van der Waals surface area contributed by atoms with Crippen LogP contribution in [0, 0.1) is 5.82 Å². The molecule has 0 spiro atoms. The first kappa shape index (κ1) is 17.7. The summed E-state index contributed by atoms with van der Waals surface area (Å²) >= 11 is 0. The van der Waals surface area contributed by atoms with E-state index in [1.807, 2.05) is 0 Å². The van der Waals surface area contributed by atoms with Gasteiger partial charge in [-0.3, -0.25) is 9.59 Å². The van der Waals surface area contributed by atoms with Crippen LogP contribution in [0.2, 0.25) is 0 Å². The van der Waals surface area contributed by atoms with Crippen LogP contribution in [0.15, 0.2) is 39.5 Å². The zero-order chi connectivity index (χ0) is 17.7. The summed E-state index contributed by atoms with van der Waals surface area (Å²) in [6.07, 6.45) is -0.301. The molecule has 0 radical (unpaired) electrons. The quantitative estimate of drug-likeness (QED) is 0.815. The first-order valence-electron chi connectivity index (χ1n) is 7.14. The molecule has 0 amide bonds. The van der Waals surface area contributed by atoms with E-state index >= 15 is 0 Å². The first-order valence-corrected chi connectivity index (χ1v) is 7.14. The number of aromatic hydroxyl groups is 1. The highest BCUT2D eigenvalue weighted by Crippen LogP contribution is 2.34. The van der Waals surface area contributed by atoms with Gasteiger partial charge in [0.1, 0.15) is 18.2 Å². The van der Waals surface area contributed by atoms with Crippen molar-refractivity contribution in [3.05, 3.63) is 63.5 Å². The maximum atomic E-state index is 14.2. The summed E-state index contributed by atoms with van der Waals surface area (Å²) in [4.78, 5) is 23.7. The number of hydrogen-bond acceptors (Lipinski definition) is 6. The Bertz CT molecular complexity index is 783. The van der Waals surface area contributed by atoms with Gasteiger partial charge in [-0.1, -0.05) is 18.2 Å². The molecule has 1 unspecified atom stereocenters. The second-order valence-electron chi connectivity index (χ2n) is 5.08. The Hall–Kier alpha value is -2.67. The predicted molar refractivity (Wildman–Crippen MR) is 82.2 cm³/mol. The molecule has 0 aliphatic rings. The van der Waals surface area contributed by atoms with Crippen molar-refractivity contribution >= 4 is 5.97 Å². The Labute approximate surface area is 137 Å². The van der Waals surface area contributed by atoms with Crippen LogP contribution in [0.25, 0.3) is 0 Å². The van der Waals surface area contributed by atoms with Gasteiger partial charge in [-0.2, -0.15) is 0 Å². The molecule has 0 fully saturated rings. The van der Waals surface area contributed by atoms with Gasteiger partial charge in [-0.15, -0.1) is 0 Å². The number of carbonyl (C=O) groups is 1. The Balaban J connectivity index is 2.61. The van der Waals surface area contributed by atoms with Crippen LogP contribution in [0.4, 0.5) is 4.39 Å². The van der Waals surface area contributed by atoms with Gasteiger partial charge in [-0.25, -0.2) is 4.39 Å². The average Bonchev–Trinajstić information content (AvgIpc) is 2.57. The van der Waals surface area contributed by atoms with Crippen LogP contribution < -0.4 is 5.43 Å². The highest BCUT2D eigenvalue weighted by atomic mass is 19.1. The van der Waals surface area contributed by atoms with Crippen molar-refractivity contribution in [2.75, 3.05) is 14.2 Å². The third-order valence-corrected chi connectivity index (χ3v) is 3.48. The lowest BCUT2D eigenvalue weighted by molar-refractivity contribution is -0.140.